The zero-order chi connectivity index (χ0) is 16.3. The van der Waals surface area contributed by atoms with E-state index in [1.54, 1.807) is 6.92 Å². The molecule has 2 amide bonds. The number of aromatic amines is 1. The highest BCUT2D eigenvalue weighted by Crippen LogP contribution is 2.29. The van der Waals surface area contributed by atoms with Gasteiger partial charge in [0.2, 0.25) is 0 Å². The summed E-state index contributed by atoms with van der Waals surface area (Å²) in [5.74, 6) is 0. The van der Waals surface area contributed by atoms with Crippen molar-refractivity contribution in [3.8, 4) is 0 Å². The van der Waals surface area contributed by atoms with Gasteiger partial charge < -0.3 is 15.6 Å². The zero-order valence-electron chi connectivity index (χ0n) is 11.2. The zero-order valence-corrected chi connectivity index (χ0v) is 12.1. The van der Waals surface area contributed by atoms with Crippen LogP contribution in [0.3, 0.4) is 0 Å². The third-order valence-electron chi connectivity index (χ3n) is 2.59. The number of rotatable bonds is 3. The van der Waals surface area contributed by atoms with E-state index >= 15 is 0 Å². The van der Waals surface area contributed by atoms with Crippen molar-refractivity contribution in [2.75, 3.05) is 5.32 Å². The van der Waals surface area contributed by atoms with E-state index in [2.05, 4.69) is 20.6 Å². The first-order valence-corrected chi connectivity index (χ1v) is 6.89. The molecule has 0 aromatic carbocycles. The predicted molar refractivity (Wildman–Crippen MR) is 74.8 cm³/mol. The molecule has 3 N–H and O–H groups in total. The van der Waals surface area contributed by atoms with Crippen molar-refractivity contribution in [1.29, 1.82) is 0 Å². The van der Waals surface area contributed by atoms with Gasteiger partial charge in [0.25, 0.3) is 5.56 Å². The summed E-state index contributed by atoms with van der Waals surface area (Å²) < 4.78 is 37.1. The van der Waals surface area contributed by atoms with Crippen molar-refractivity contribution in [1.82, 2.24) is 15.3 Å². The Morgan fingerprint density at radius 1 is 1.45 bits per heavy atom. The summed E-state index contributed by atoms with van der Waals surface area (Å²) in [4.78, 5) is 28.6. The normalized spacial score (nSPS) is 11.3. The van der Waals surface area contributed by atoms with Gasteiger partial charge in [0.15, 0.2) is 5.69 Å². The third-order valence-corrected chi connectivity index (χ3v) is 3.44. The van der Waals surface area contributed by atoms with Gasteiger partial charge in [0.1, 0.15) is 5.01 Å². The average Bonchev–Trinajstić information content (AvgIpc) is 2.89. The molecule has 0 bridgehead atoms. The summed E-state index contributed by atoms with van der Waals surface area (Å²) in [6, 6.07) is 0.860. The lowest BCUT2D eigenvalue weighted by atomic mass is 10.3. The molecule has 0 atom stereocenters. The van der Waals surface area contributed by atoms with Crippen LogP contribution in [-0.4, -0.2) is 16.0 Å². The van der Waals surface area contributed by atoms with Crippen molar-refractivity contribution in [2.45, 2.75) is 19.6 Å². The fourth-order valence-electron chi connectivity index (χ4n) is 1.52. The topological polar surface area (TPSA) is 86.9 Å². The summed E-state index contributed by atoms with van der Waals surface area (Å²) >= 11 is 0.808. The van der Waals surface area contributed by atoms with E-state index in [4.69, 9.17) is 0 Å². The number of carbonyl (C=O) groups excluding carboxylic acids is 1. The predicted octanol–water partition coefficient (Wildman–Crippen LogP) is 2.48. The first-order valence-electron chi connectivity index (χ1n) is 6.01. The van der Waals surface area contributed by atoms with Crippen LogP contribution in [0.2, 0.25) is 0 Å². The summed E-state index contributed by atoms with van der Waals surface area (Å²) in [7, 11) is 0. The molecule has 2 rings (SSSR count). The lowest BCUT2D eigenvalue weighted by Crippen LogP contribution is -2.28. The van der Waals surface area contributed by atoms with Crippen LogP contribution in [0.4, 0.5) is 23.7 Å². The van der Waals surface area contributed by atoms with Gasteiger partial charge in [-0.1, -0.05) is 0 Å². The molecule has 0 aliphatic carbocycles. The minimum atomic E-state index is -4.50. The summed E-state index contributed by atoms with van der Waals surface area (Å²) in [6.45, 7) is 1.45. The Balaban J connectivity index is 1.91. The number of H-pyrrole nitrogens is 1. The van der Waals surface area contributed by atoms with E-state index in [1.807, 2.05) is 0 Å². The number of amides is 2. The number of aromatic nitrogens is 2. The molecule has 118 valence electrons. The van der Waals surface area contributed by atoms with Gasteiger partial charge in [-0.05, 0) is 13.0 Å². The van der Waals surface area contributed by atoms with E-state index < -0.39 is 17.9 Å². The van der Waals surface area contributed by atoms with Gasteiger partial charge in [-0.25, -0.2) is 9.78 Å². The van der Waals surface area contributed by atoms with Crippen LogP contribution in [-0.2, 0) is 12.7 Å². The molecule has 0 radical (unpaired) electrons. The smallest absolute Gasteiger partial charge is 0.331 e. The lowest BCUT2D eigenvalue weighted by Gasteiger charge is -2.06. The van der Waals surface area contributed by atoms with Crippen molar-refractivity contribution in [3.63, 3.8) is 0 Å². The summed E-state index contributed by atoms with van der Waals surface area (Å²) in [5, 5.41) is 5.86. The number of nitrogens with one attached hydrogen (secondary N) is 3. The quantitative estimate of drug-likeness (QED) is 0.807. The van der Waals surface area contributed by atoms with E-state index in [0.717, 1.165) is 16.7 Å². The second kappa shape index (κ2) is 6.18. The van der Waals surface area contributed by atoms with Gasteiger partial charge in [0.05, 0.1) is 12.2 Å². The Morgan fingerprint density at radius 2 is 2.18 bits per heavy atom. The Labute approximate surface area is 126 Å². The standard InChI is InChI=1S/C12H11F3N4O2S/c1-6-2-7(3-16-10(6)20)18-11(21)17-4-9-19-8(5-22-9)12(13,14)15/h2-3,5H,4H2,1H3,(H,16,20)(H2,17,18,21). The third kappa shape index (κ3) is 4.07. The van der Waals surface area contributed by atoms with Crippen molar-refractivity contribution in [3.05, 3.63) is 44.3 Å². The minimum Gasteiger partial charge on any atom is -0.331 e. The monoisotopic (exact) mass is 332 g/mol. The van der Waals surface area contributed by atoms with Crippen LogP contribution in [0.1, 0.15) is 16.3 Å². The summed E-state index contributed by atoms with van der Waals surface area (Å²) in [5.41, 5.74) is -0.461. The maximum absolute atomic E-state index is 12.4. The maximum Gasteiger partial charge on any atom is 0.434 e. The van der Waals surface area contributed by atoms with Crippen LogP contribution >= 0.6 is 11.3 Å². The molecule has 2 aromatic heterocycles. The maximum atomic E-state index is 12.4. The van der Waals surface area contributed by atoms with Crippen molar-refractivity contribution in [2.24, 2.45) is 0 Å². The fourth-order valence-corrected chi connectivity index (χ4v) is 2.26. The lowest BCUT2D eigenvalue weighted by molar-refractivity contribution is -0.140. The molecule has 0 aliphatic heterocycles. The Kier molecular flexibility index (Phi) is 4.50. The highest BCUT2D eigenvalue weighted by Gasteiger charge is 2.33. The van der Waals surface area contributed by atoms with E-state index in [1.165, 1.54) is 12.3 Å². The highest BCUT2D eigenvalue weighted by atomic mass is 32.1. The molecular weight excluding hydrogens is 321 g/mol. The SMILES string of the molecule is Cc1cc(NC(=O)NCc2nc(C(F)(F)F)cs2)c[nH]c1=O. The van der Waals surface area contributed by atoms with E-state index in [0.29, 0.717) is 11.3 Å². The van der Waals surface area contributed by atoms with Crippen molar-refractivity contribution >= 4 is 23.1 Å². The first kappa shape index (κ1) is 16.0. The molecule has 2 heterocycles. The molecule has 10 heteroatoms. The molecule has 0 saturated heterocycles. The molecule has 0 saturated carbocycles. The molecule has 0 fully saturated rings. The van der Waals surface area contributed by atoms with Crippen molar-refractivity contribution < 1.29 is 18.0 Å². The van der Waals surface area contributed by atoms with Gasteiger partial charge in [-0.2, -0.15) is 13.2 Å². The van der Waals surface area contributed by atoms with Crippen LogP contribution < -0.4 is 16.2 Å². The number of hydrogen-bond acceptors (Lipinski definition) is 4. The number of nitrogens with zero attached hydrogens (tertiary/aromatic N) is 1. The first-order chi connectivity index (χ1) is 10.3. The Morgan fingerprint density at radius 3 is 2.77 bits per heavy atom. The van der Waals surface area contributed by atoms with E-state index in [9.17, 15) is 22.8 Å². The number of hydrogen-bond donors (Lipinski definition) is 3. The molecule has 6 nitrogen and oxygen atoms in total. The number of pyridine rings is 1. The number of urea groups is 1. The molecule has 2 aromatic rings. The number of aryl methyl sites for hydroxylation is 1. The molecule has 0 spiro atoms. The fraction of sp³-hybridized carbons (Fsp3) is 0.250. The Bertz CT molecular complexity index is 738. The van der Waals surface area contributed by atoms with E-state index in [-0.39, 0.29) is 17.1 Å². The summed E-state index contributed by atoms with van der Waals surface area (Å²) in [6.07, 6.45) is -3.18. The second-order valence-corrected chi connectivity index (χ2v) is 5.28. The largest absolute Gasteiger partial charge is 0.434 e. The van der Waals surface area contributed by atoms with Crippen LogP contribution in [0, 0.1) is 6.92 Å². The number of thiazole rings is 1. The number of anilines is 1. The van der Waals surface area contributed by atoms with Crippen LogP contribution in [0.5, 0.6) is 0 Å². The molecular formula is C12H11F3N4O2S. The average molecular weight is 332 g/mol. The van der Waals surface area contributed by atoms with Gasteiger partial charge in [-0.15, -0.1) is 11.3 Å². The van der Waals surface area contributed by atoms with Crippen LogP contribution in [0.15, 0.2) is 22.4 Å². The van der Waals surface area contributed by atoms with Crippen LogP contribution in [0.25, 0.3) is 0 Å². The molecule has 0 aliphatic rings. The minimum absolute atomic E-state index is 0.130. The Hall–Kier alpha value is -2.36. The highest BCUT2D eigenvalue weighted by molar-refractivity contribution is 7.09. The molecule has 0 unspecified atom stereocenters. The van der Waals surface area contributed by atoms with Gasteiger partial charge >= 0.3 is 12.2 Å². The van der Waals surface area contributed by atoms with Gasteiger partial charge in [0, 0.05) is 17.1 Å². The number of alkyl halides is 3. The second-order valence-electron chi connectivity index (χ2n) is 4.33. The number of carbonyl (C=O) groups is 1. The number of halogens is 3. The van der Waals surface area contributed by atoms with Gasteiger partial charge in [-0.3, -0.25) is 4.79 Å². The molecule has 22 heavy (non-hydrogen) atoms.